The van der Waals surface area contributed by atoms with Crippen molar-refractivity contribution in [3.8, 4) is 5.75 Å². The van der Waals surface area contributed by atoms with Crippen molar-refractivity contribution in [3.05, 3.63) is 81.9 Å². The highest BCUT2D eigenvalue weighted by molar-refractivity contribution is 5.90. The molecular weight excluding hydrogens is 334 g/mol. The van der Waals surface area contributed by atoms with E-state index in [4.69, 9.17) is 0 Å². The Bertz CT molecular complexity index is 1010. The summed E-state index contributed by atoms with van der Waals surface area (Å²) in [5.74, 6) is -0.746. The van der Waals surface area contributed by atoms with Gasteiger partial charge in [-0.1, -0.05) is 42.5 Å². The van der Waals surface area contributed by atoms with Crippen molar-refractivity contribution in [1.29, 1.82) is 0 Å². The molecule has 0 heterocycles. The predicted octanol–water partition coefficient (Wildman–Crippen LogP) is 3.15. The minimum atomic E-state index is -0.678. The first-order valence-corrected chi connectivity index (χ1v) is 7.80. The predicted molar refractivity (Wildman–Crippen MR) is 98.1 cm³/mol. The molecule has 0 radical (unpaired) electrons. The van der Waals surface area contributed by atoms with Crippen molar-refractivity contribution in [2.75, 3.05) is 0 Å². The summed E-state index contributed by atoms with van der Waals surface area (Å²) in [7, 11) is 0. The van der Waals surface area contributed by atoms with Crippen LogP contribution in [0.4, 0.5) is 5.69 Å². The Morgan fingerprint density at radius 1 is 1.15 bits per heavy atom. The molecular formula is C19H15N3O4. The second kappa shape index (κ2) is 7.43. The monoisotopic (exact) mass is 349 g/mol. The van der Waals surface area contributed by atoms with Gasteiger partial charge in [0.1, 0.15) is 0 Å². The number of nitrogens with zero attached hydrogens (tertiary/aromatic N) is 2. The van der Waals surface area contributed by atoms with Crippen LogP contribution in [-0.4, -0.2) is 22.2 Å². The summed E-state index contributed by atoms with van der Waals surface area (Å²) in [4.78, 5) is 22.1. The third kappa shape index (κ3) is 3.84. The highest BCUT2D eigenvalue weighted by Gasteiger charge is 2.12. The summed E-state index contributed by atoms with van der Waals surface area (Å²) < 4.78 is 0. The summed E-state index contributed by atoms with van der Waals surface area (Å²) in [5, 5.41) is 26.1. The molecule has 0 aliphatic heterocycles. The van der Waals surface area contributed by atoms with Gasteiger partial charge in [0, 0.05) is 6.07 Å². The van der Waals surface area contributed by atoms with Crippen LogP contribution in [0.15, 0.2) is 65.8 Å². The van der Waals surface area contributed by atoms with Gasteiger partial charge in [-0.3, -0.25) is 14.9 Å². The molecule has 0 saturated heterocycles. The lowest BCUT2D eigenvalue weighted by Gasteiger charge is -2.05. The molecule has 26 heavy (non-hydrogen) atoms. The van der Waals surface area contributed by atoms with Gasteiger partial charge in [0.25, 0.3) is 0 Å². The fraction of sp³-hybridized carbons (Fsp3) is 0.0526. The van der Waals surface area contributed by atoms with Gasteiger partial charge in [0.2, 0.25) is 5.91 Å². The number of nitrogens with one attached hydrogen (secondary N) is 1. The molecule has 2 N–H and O–H groups in total. The Kier molecular flexibility index (Phi) is 4.89. The fourth-order valence-corrected chi connectivity index (χ4v) is 2.61. The summed E-state index contributed by atoms with van der Waals surface area (Å²) in [5.41, 5.74) is 3.35. The van der Waals surface area contributed by atoms with Crippen LogP contribution in [0.3, 0.4) is 0 Å². The largest absolute Gasteiger partial charge is 0.502 e. The van der Waals surface area contributed by atoms with Gasteiger partial charge in [-0.15, -0.1) is 0 Å². The molecule has 0 aliphatic rings. The number of carbonyl (C=O) groups excluding carboxylic acids is 1. The van der Waals surface area contributed by atoms with Crippen LogP contribution in [0.25, 0.3) is 10.8 Å². The number of hydrogen-bond donors (Lipinski definition) is 2. The second-order valence-corrected chi connectivity index (χ2v) is 5.61. The van der Waals surface area contributed by atoms with Crippen LogP contribution < -0.4 is 5.43 Å². The number of hydrazone groups is 1. The Morgan fingerprint density at radius 2 is 1.92 bits per heavy atom. The van der Waals surface area contributed by atoms with Crippen LogP contribution in [0.5, 0.6) is 5.75 Å². The Balaban J connectivity index is 1.66. The van der Waals surface area contributed by atoms with Gasteiger partial charge in [-0.25, -0.2) is 5.43 Å². The van der Waals surface area contributed by atoms with Crippen molar-refractivity contribution in [2.45, 2.75) is 6.42 Å². The van der Waals surface area contributed by atoms with E-state index in [1.807, 2.05) is 42.5 Å². The summed E-state index contributed by atoms with van der Waals surface area (Å²) >= 11 is 0. The van der Waals surface area contributed by atoms with E-state index in [1.165, 1.54) is 24.4 Å². The van der Waals surface area contributed by atoms with E-state index in [1.54, 1.807) is 0 Å². The van der Waals surface area contributed by atoms with Gasteiger partial charge >= 0.3 is 5.69 Å². The SMILES string of the molecule is O=C(Cc1cccc2ccccc12)N/N=C\c1ccc([N+](=O)[O-])c(O)c1. The van der Waals surface area contributed by atoms with Gasteiger partial charge in [-0.2, -0.15) is 5.10 Å². The van der Waals surface area contributed by atoms with E-state index in [-0.39, 0.29) is 18.0 Å². The smallest absolute Gasteiger partial charge is 0.310 e. The molecule has 0 aliphatic carbocycles. The number of nitro groups is 1. The average Bonchev–Trinajstić information content (AvgIpc) is 2.62. The van der Waals surface area contributed by atoms with E-state index in [9.17, 15) is 20.0 Å². The normalized spacial score (nSPS) is 10.9. The minimum Gasteiger partial charge on any atom is -0.502 e. The molecule has 7 heteroatoms. The van der Waals surface area contributed by atoms with Gasteiger partial charge < -0.3 is 5.11 Å². The molecule has 3 rings (SSSR count). The first-order chi connectivity index (χ1) is 12.5. The van der Waals surface area contributed by atoms with Gasteiger partial charge in [0.15, 0.2) is 5.75 Å². The number of benzene rings is 3. The molecule has 0 atom stereocenters. The van der Waals surface area contributed by atoms with Crippen molar-refractivity contribution < 1.29 is 14.8 Å². The van der Waals surface area contributed by atoms with Crippen LogP contribution in [0, 0.1) is 10.1 Å². The molecule has 3 aromatic rings. The zero-order valence-corrected chi connectivity index (χ0v) is 13.6. The topological polar surface area (TPSA) is 105 Å². The first kappa shape index (κ1) is 17.1. The van der Waals surface area contributed by atoms with Crippen LogP contribution in [0.2, 0.25) is 0 Å². The summed E-state index contributed by atoms with van der Waals surface area (Å²) in [6.07, 6.45) is 1.48. The molecule has 1 amide bonds. The van der Waals surface area contributed by atoms with Crippen LogP contribution in [0.1, 0.15) is 11.1 Å². The third-order valence-corrected chi connectivity index (χ3v) is 3.83. The van der Waals surface area contributed by atoms with Crippen molar-refractivity contribution in [3.63, 3.8) is 0 Å². The zero-order chi connectivity index (χ0) is 18.5. The maximum atomic E-state index is 12.1. The molecule has 7 nitrogen and oxygen atoms in total. The average molecular weight is 349 g/mol. The van der Waals surface area contributed by atoms with Gasteiger partial charge in [0.05, 0.1) is 17.6 Å². The minimum absolute atomic E-state index is 0.171. The van der Waals surface area contributed by atoms with E-state index < -0.39 is 10.7 Å². The van der Waals surface area contributed by atoms with E-state index in [0.717, 1.165) is 16.3 Å². The molecule has 0 spiro atoms. The number of fused-ring (bicyclic) bond motifs is 1. The molecule has 0 aromatic heterocycles. The van der Waals surface area contributed by atoms with Gasteiger partial charge in [-0.05, 0) is 34.0 Å². The number of nitro benzene ring substituents is 1. The summed E-state index contributed by atoms with van der Waals surface area (Å²) in [6.45, 7) is 0. The molecule has 0 fully saturated rings. The highest BCUT2D eigenvalue weighted by Crippen LogP contribution is 2.25. The standard InChI is InChI=1S/C19H15N3O4/c23-18-10-13(8-9-17(18)22(25)26)12-20-21-19(24)11-15-6-3-5-14-4-1-2-7-16(14)15/h1-10,12,23H,11H2,(H,21,24)/b20-12-. The quantitative estimate of drug-likeness (QED) is 0.419. The maximum absolute atomic E-state index is 12.1. The number of phenols is 1. The lowest BCUT2D eigenvalue weighted by Crippen LogP contribution is -2.19. The highest BCUT2D eigenvalue weighted by atomic mass is 16.6. The zero-order valence-electron chi connectivity index (χ0n) is 13.6. The first-order valence-electron chi connectivity index (χ1n) is 7.80. The van der Waals surface area contributed by atoms with E-state index in [2.05, 4.69) is 10.5 Å². The Labute approximate surface area is 148 Å². The summed E-state index contributed by atoms with van der Waals surface area (Å²) in [6, 6.07) is 17.4. The number of amides is 1. The van der Waals surface area contributed by atoms with Crippen LogP contribution in [-0.2, 0) is 11.2 Å². The van der Waals surface area contributed by atoms with Crippen molar-refractivity contribution in [2.24, 2.45) is 5.10 Å². The fourth-order valence-electron chi connectivity index (χ4n) is 2.61. The molecule has 3 aromatic carbocycles. The molecule has 0 bridgehead atoms. The molecule has 130 valence electrons. The van der Waals surface area contributed by atoms with E-state index in [0.29, 0.717) is 5.56 Å². The number of hydrogen-bond acceptors (Lipinski definition) is 5. The Hall–Kier alpha value is -3.74. The van der Waals surface area contributed by atoms with Crippen LogP contribution >= 0.6 is 0 Å². The molecule has 0 unspecified atom stereocenters. The van der Waals surface area contributed by atoms with E-state index >= 15 is 0 Å². The Morgan fingerprint density at radius 3 is 2.69 bits per heavy atom. The third-order valence-electron chi connectivity index (χ3n) is 3.83. The maximum Gasteiger partial charge on any atom is 0.310 e. The number of phenolic OH excluding ortho intramolecular Hbond substituents is 1. The number of aromatic hydroxyl groups is 1. The second-order valence-electron chi connectivity index (χ2n) is 5.61. The van der Waals surface area contributed by atoms with Crippen molar-refractivity contribution in [1.82, 2.24) is 5.43 Å². The number of carbonyl (C=O) groups is 1. The molecule has 0 saturated carbocycles. The lowest BCUT2D eigenvalue weighted by atomic mass is 10.0. The van der Waals surface area contributed by atoms with Crippen molar-refractivity contribution >= 4 is 28.6 Å². The number of rotatable bonds is 5. The lowest BCUT2D eigenvalue weighted by molar-refractivity contribution is -0.385.